The fourth-order valence-corrected chi connectivity index (χ4v) is 1.00. The molecule has 0 spiro atoms. The first-order valence-corrected chi connectivity index (χ1v) is 3.73. The van der Waals surface area contributed by atoms with E-state index in [-0.39, 0.29) is 29.7 Å². The van der Waals surface area contributed by atoms with Gasteiger partial charge in [-0.15, -0.1) is 12.4 Å². The van der Waals surface area contributed by atoms with Crippen molar-refractivity contribution in [2.24, 2.45) is 5.73 Å². The normalized spacial score (nSPS) is 8.87. The van der Waals surface area contributed by atoms with Crippen LogP contribution in [0.2, 0.25) is 0 Å². The van der Waals surface area contributed by atoms with Gasteiger partial charge in [-0.2, -0.15) is 0 Å². The largest absolute Gasteiger partial charge is 0.490 e. The number of ether oxygens (including phenoxy) is 1. The number of nitrogens with two attached hydrogens (primary N) is 1. The molecule has 0 aliphatic rings. The van der Waals surface area contributed by atoms with Gasteiger partial charge in [0.05, 0.1) is 12.0 Å². The standard InChI is InChI=1S/C8H9N3O3.ClH/c1-14-7-3-2-5(8(9)10)4-6(7)11(12)13;/h2-4H,1H3,(H3,9,10);1H. The van der Waals surface area contributed by atoms with Gasteiger partial charge in [-0.05, 0) is 12.1 Å². The van der Waals surface area contributed by atoms with Gasteiger partial charge in [0.1, 0.15) is 5.84 Å². The van der Waals surface area contributed by atoms with Gasteiger partial charge in [0.25, 0.3) is 0 Å². The van der Waals surface area contributed by atoms with Crippen LogP contribution in [0, 0.1) is 15.5 Å². The van der Waals surface area contributed by atoms with Crippen LogP contribution in [-0.2, 0) is 0 Å². The molecular weight excluding hydrogens is 222 g/mol. The number of hydrogen-bond donors (Lipinski definition) is 2. The van der Waals surface area contributed by atoms with Crippen molar-refractivity contribution in [2.45, 2.75) is 0 Å². The average molecular weight is 232 g/mol. The van der Waals surface area contributed by atoms with Crippen LogP contribution in [0.4, 0.5) is 5.69 Å². The lowest BCUT2D eigenvalue weighted by Crippen LogP contribution is -2.11. The van der Waals surface area contributed by atoms with E-state index < -0.39 is 4.92 Å². The second-order valence-corrected chi connectivity index (χ2v) is 2.56. The van der Waals surface area contributed by atoms with Gasteiger partial charge in [0, 0.05) is 11.6 Å². The fourth-order valence-electron chi connectivity index (χ4n) is 1.00. The number of nitro benzene ring substituents is 1. The van der Waals surface area contributed by atoms with E-state index in [0.717, 1.165) is 0 Å². The molecule has 0 amide bonds. The van der Waals surface area contributed by atoms with Crippen LogP contribution in [0.15, 0.2) is 18.2 Å². The van der Waals surface area contributed by atoms with Crippen LogP contribution in [-0.4, -0.2) is 17.9 Å². The Balaban J connectivity index is 0.00000196. The zero-order valence-corrected chi connectivity index (χ0v) is 8.71. The number of methoxy groups -OCH3 is 1. The Labute approximate surface area is 92.1 Å². The average Bonchev–Trinajstić information content (AvgIpc) is 2.16. The summed E-state index contributed by atoms with van der Waals surface area (Å²) in [5.74, 6) is -0.0595. The zero-order chi connectivity index (χ0) is 10.7. The van der Waals surface area contributed by atoms with Crippen molar-refractivity contribution >= 4 is 23.9 Å². The minimum atomic E-state index is -0.578. The molecule has 15 heavy (non-hydrogen) atoms. The second kappa shape index (κ2) is 5.16. The monoisotopic (exact) mass is 231 g/mol. The quantitative estimate of drug-likeness (QED) is 0.354. The Hall–Kier alpha value is -1.82. The first-order valence-electron chi connectivity index (χ1n) is 3.73. The molecule has 0 fully saturated rings. The Morgan fingerprint density at radius 1 is 1.60 bits per heavy atom. The molecule has 0 atom stereocenters. The van der Waals surface area contributed by atoms with Gasteiger partial charge >= 0.3 is 5.69 Å². The summed E-state index contributed by atoms with van der Waals surface area (Å²) in [4.78, 5) is 9.99. The maximum absolute atomic E-state index is 10.6. The molecule has 3 N–H and O–H groups in total. The van der Waals surface area contributed by atoms with Gasteiger partial charge < -0.3 is 10.5 Å². The van der Waals surface area contributed by atoms with E-state index in [9.17, 15) is 10.1 Å². The van der Waals surface area contributed by atoms with Crippen molar-refractivity contribution in [1.29, 1.82) is 5.41 Å². The first-order chi connectivity index (χ1) is 6.56. The van der Waals surface area contributed by atoms with E-state index >= 15 is 0 Å². The van der Waals surface area contributed by atoms with Gasteiger partial charge in [0.2, 0.25) is 0 Å². The topological polar surface area (TPSA) is 102 Å². The number of amidine groups is 1. The fraction of sp³-hybridized carbons (Fsp3) is 0.125. The van der Waals surface area contributed by atoms with E-state index in [4.69, 9.17) is 15.9 Å². The predicted octanol–water partition coefficient (Wildman–Crippen LogP) is 1.31. The van der Waals surface area contributed by atoms with Gasteiger partial charge in [-0.25, -0.2) is 0 Å². The van der Waals surface area contributed by atoms with E-state index in [2.05, 4.69) is 0 Å². The molecule has 82 valence electrons. The van der Waals surface area contributed by atoms with E-state index in [1.54, 1.807) is 0 Å². The number of benzene rings is 1. The number of nitrogens with zero attached hydrogens (tertiary/aromatic N) is 1. The number of nitrogens with one attached hydrogen (secondary N) is 1. The highest BCUT2D eigenvalue weighted by atomic mass is 35.5. The Morgan fingerprint density at radius 2 is 2.20 bits per heavy atom. The maximum Gasteiger partial charge on any atom is 0.311 e. The van der Waals surface area contributed by atoms with E-state index in [1.165, 1.54) is 25.3 Å². The lowest BCUT2D eigenvalue weighted by Gasteiger charge is -2.03. The highest BCUT2D eigenvalue weighted by Crippen LogP contribution is 2.27. The molecule has 1 aromatic carbocycles. The van der Waals surface area contributed by atoms with Crippen LogP contribution >= 0.6 is 12.4 Å². The van der Waals surface area contributed by atoms with Crippen LogP contribution in [0.25, 0.3) is 0 Å². The molecule has 7 heteroatoms. The number of nitro groups is 1. The molecule has 0 saturated heterocycles. The summed E-state index contributed by atoms with van der Waals surface area (Å²) < 4.78 is 4.79. The minimum Gasteiger partial charge on any atom is -0.490 e. The molecule has 0 aliphatic carbocycles. The van der Waals surface area contributed by atoms with Crippen molar-refractivity contribution < 1.29 is 9.66 Å². The summed E-state index contributed by atoms with van der Waals surface area (Å²) in [7, 11) is 1.34. The summed E-state index contributed by atoms with van der Waals surface area (Å²) in [5.41, 5.74) is 5.30. The van der Waals surface area contributed by atoms with E-state index in [1.807, 2.05) is 0 Å². The Bertz CT molecular complexity index is 395. The third-order valence-electron chi connectivity index (χ3n) is 1.69. The smallest absolute Gasteiger partial charge is 0.311 e. The van der Waals surface area contributed by atoms with Crippen molar-refractivity contribution in [3.8, 4) is 5.75 Å². The second-order valence-electron chi connectivity index (χ2n) is 2.56. The summed E-state index contributed by atoms with van der Waals surface area (Å²) >= 11 is 0. The highest BCUT2D eigenvalue weighted by Gasteiger charge is 2.15. The molecule has 0 radical (unpaired) electrons. The molecule has 0 heterocycles. The highest BCUT2D eigenvalue weighted by molar-refractivity contribution is 5.95. The lowest BCUT2D eigenvalue weighted by molar-refractivity contribution is -0.385. The van der Waals surface area contributed by atoms with Crippen molar-refractivity contribution in [1.82, 2.24) is 0 Å². The predicted molar refractivity (Wildman–Crippen MR) is 57.9 cm³/mol. The molecule has 6 nitrogen and oxygen atoms in total. The molecule has 0 aliphatic heterocycles. The summed E-state index contributed by atoms with van der Waals surface area (Å²) in [6.07, 6.45) is 0. The first kappa shape index (κ1) is 13.2. The Morgan fingerprint density at radius 3 is 2.60 bits per heavy atom. The number of nitrogen functional groups attached to an aromatic ring is 1. The number of rotatable bonds is 3. The number of halogens is 1. The van der Waals surface area contributed by atoms with Crippen molar-refractivity contribution in [3.63, 3.8) is 0 Å². The van der Waals surface area contributed by atoms with Crippen LogP contribution in [0.5, 0.6) is 5.75 Å². The zero-order valence-electron chi connectivity index (χ0n) is 7.89. The molecule has 0 unspecified atom stereocenters. The SMILES string of the molecule is COc1ccc(C(=N)N)cc1[N+](=O)[O-].Cl. The Kier molecular flexibility index (Phi) is 4.53. The molecular formula is C8H10ClN3O3. The number of hydrogen-bond acceptors (Lipinski definition) is 4. The van der Waals surface area contributed by atoms with Crippen LogP contribution < -0.4 is 10.5 Å². The summed E-state index contributed by atoms with van der Waals surface area (Å²) in [6.45, 7) is 0. The van der Waals surface area contributed by atoms with Gasteiger partial charge in [-0.3, -0.25) is 15.5 Å². The van der Waals surface area contributed by atoms with Crippen LogP contribution in [0.1, 0.15) is 5.56 Å². The molecule has 1 rings (SSSR count). The third-order valence-corrected chi connectivity index (χ3v) is 1.69. The van der Waals surface area contributed by atoms with Crippen molar-refractivity contribution in [3.05, 3.63) is 33.9 Å². The third kappa shape index (κ3) is 2.81. The maximum atomic E-state index is 10.6. The minimum absolute atomic E-state index is 0. The van der Waals surface area contributed by atoms with Gasteiger partial charge in [0.15, 0.2) is 5.75 Å². The summed E-state index contributed by atoms with van der Waals surface area (Å²) in [5, 5.41) is 17.7. The van der Waals surface area contributed by atoms with Crippen molar-refractivity contribution in [2.75, 3.05) is 7.11 Å². The van der Waals surface area contributed by atoms with Gasteiger partial charge in [-0.1, -0.05) is 0 Å². The lowest BCUT2D eigenvalue weighted by atomic mass is 10.2. The molecule has 0 bridgehead atoms. The van der Waals surface area contributed by atoms with Crippen LogP contribution in [0.3, 0.4) is 0 Å². The molecule has 0 saturated carbocycles. The summed E-state index contributed by atoms with van der Waals surface area (Å²) in [6, 6.07) is 4.12. The molecule has 1 aromatic rings. The molecule has 0 aromatic heterocycles. The van der Waals surface area contributed by atoms with E-state index in [0.29, 0.717) is 5.56 Å².